The van der Waals surface area contributed by atoms with Crippen molar-refractivity contribution in [1.29, 1.82) is 0 Å². The summed E-state index contributed by atoms with van der Waals surface area (Å²) in [6, 6.07) is 7.20. The van der Waals surface area contributed by atoms with Gasteiger partial charge in [-0.15, -0.1) is 0 Å². The van der Waals surface area contributed by atoms with Crippen LogP contribution in [0.15, 0.2) is 24.3 Å². The Balaban J connectivity index is 2.52. The Labute approximate surface area is 118 Å². The van der Waals surface area contributed by atoms with Gasteiger partial charge >= 0.3 is 5.97 Å². The number of carboxylic acids is 1. The smallest absolute Gasteiger partial charge is 0.303 e. The van der Waals surface area contributed by atoms with Crippen LogP contribution in [0.4, 0.5) is 0 Å². The van der Waals surface area contributed by atoms with Crippen LogP contribution in [0.1, 0.15) is 18.4 Å². The molecule has 0 radical (unpaired) electrons. The first-order chi connectivity index (χ1) is 9.35. The fraction of sp³-hybridized carbons (Fsp3) is 0.462. The maximum atomic E-state index is 12.0. The quantitative estimate of drug-likeness (QED) is 0.630. The summed E-state index contributed by atoms with van der Waals surface area (Å²) in [5, 5.41) is 8.55. The summed E-state index contributed by atoms with van der Waals surface area (Å²) in [6.07, 6.45) is 0.263. The molecular weight excluding hydrogens is 281 g/mol. The number of ether oxygens (including phenoxy) is 1. The first-order valence-electron chi connectivity index (χ1n) is 6.27. The Hall–Kier alpha value is -1.36. The van der Waals surface area contributed by atoms with Crippen molar-refractivity contribution in [2.45, 2.75) is 25.0 Å². The van der Waals surface area contributed by atoms with Crippen molar-refractivity contribution < 1.29 is 24.1 Å². The second kappa shape index (κ2) is 7.43. The number of carboxylic acid groups (broad SMARTS) is 1. The molecule has 7 heteroatoms. The molecule has 0 aromatic heterocycles. The van der Waals surface area contributed by atoms with E-state index in [2.05, 4.69) is 0 Å². The van der Waals surface area contributed by atoms with Crippen LogP contribution in [0.25, 0.3) is 0 Å². The minimum Gasteiger partial charge on any atom is -0.497 e. The first kappa shape index (κ1) is 16.7. The summed E-state index contributed by atoms with van der Waals surface area (Å²) in [5.74, 6) is -1.29. The Bertz CT molecular complexity index is 488. The van der Waals surface area contributed by atoms with Crippen molar-refractivity contribution >= 4 is 13.3 Å². The van der Waals surface area contributed by atoms with Crippen molar-refractivity contribution in [3.05, 3.63) is 29.8 Å². The number of benzene rings is 1. The molecule has 2 unspecified atom stereocenters. The number of nitrogens with two attached hydrogens (primary N) is 1. The van der Waals surface area contributed by atoms with E-state index in [9.17, 15) is 14.3 Å². The Morgan fingerprint density at radius 3 is 2.50 bits per heavy atom. The van der Waals surface area contributed by atoms with Crippen molar-refractivity contribution in [3.63, 3.8) is 0 Å². The molecule has 1 aromatic carbocycles. The van der Waals surface area contributed by atoms with Crippen LogP contribution < -0.4 is 10.5 Å². The van der Waals surface area contributed by atoms with Gasteiger partial charge in [0.25, 0.3) is 0 Å². The van der Waals surface area contributed by atoms with Gasteiger partial charge in [-0.3, -0.25) is 9.36 Å². The van der Waals surface area contributed by atoms with Crippen LogP contribution >= 0.6 is 7.37 Å². The molecule has 0 saturated carbocycles. The molecular formula is C13H20NO5P. The SMILES string of the molecule is COc1ccc(CCP(=O)(O)C(N)CCC(=O)O)cc1. The summed E-state index contributed by atoms with van der Waals surface area (Å²) < 4.78 is 17.1. The molecule has 2 atom stereocenters. The minimum absolute atomic E-state index is 0.00568. The Morgan fingerprint density at radius 2 is 2.00 bits per heavy atom. The van der Waals surface area contributed by atoms with Crippen LogP contribution in [-0.4, -0.2) is 35.0 Å². The van der Waals surface area contributed by atoms with Crippen LogP contribution in [0.3, 0.4) is 0 Å². The molecule has 1 aromatic rings. The molecule has 0 aliphatic rings. The van der Waals surface area contributed by atoms with Gasteiger partial charge in [0.1, 0.15) is 5.75 Å². The van der Waals surface area contributed by atoms with Crippen LogP contribution in [0.2, 0.25) is 0 Å². The fourth-order valence-electron chi connectivity index (χ4n) is 1.72. The third kappa shape index (κ3) is 5.33. The topological polar surface area (TPSA) is 110 Å². The maximum Gasteiger partial charge on any atom is 0.303 e. The zero-order valence-electron chi connectivity index (χ0n) is 11.4. The molecule has 0 bridgehead atoms. The lowest BCUT2D eigenvalue weighted by Crippen LogP contribution is -2.23. The minimum atomic E-state index is -3.54. The van der Waals surface area contributed by atoms with Crippen LogP contribution in [0, 0.1) is 0 Å². The summed E-state index contributed by atoms with van der Waals surface area (Å²) in [6.45, 7) is 0. The highest BCUT2D eigenvalue weighted by atomic mass is 31.2. The highest BCUT2D eigenvalue weighted by Gasteiger charge is 2.27. The zero-order chi connectivity index (χ0) is 15.2. The summed E-state index contributed by atoms with van der Waals surface area (Å²) in [7, 11) is -1.97. The van der Waals surface area contributed by atoms with E-state index in [1.165, 1.54) is 0 Å². The summed E-state index contributed by atoms with van der Waals surface area (Å²) in [5.41, 5.74) is 6.52. The van der Waals surface area contributed by atoms with Crippen LogP contribution in [-0.2, 0) is 15.8 Å². The molecule has 1 rings (SSSR count). The second-order valence-corrected chi connectivity index (χ2v) is 7.20. The lowest BCUT2D eigenvalue weighted by molar-refractivity contribution is -0.137. The standard InChI is InChI=1S/C13H20NO5P/c1-19-11-4-2-10(3-5-11)8-9-20(17,18)12(14)6-7-13(15)16/h2-5,12H,6-9,14H2,1H3,(H,15,16)(H,17,18). The number of rotatable bonds is 8. The molecule has 0 aliphatic carbocycles. The summed E-state index contributed by atoms with van der Waals surface area (Å²) >= 11 is 0. The molecule has 112 valence electrons. The van der Waals surface area contributed by atoms with Crippen LogP contribution in [0.5, 0.6) is 5.75 Å². The molecule has 0 heterocycles. The fourth-order valence-corrected chi connectivity index (χ4v) is 3.16. The number of carbonyl (C=O) groups is 1. The zero-order valence-corrected chi connectivity index (χ0v) is 12.3. The predicted octanol–water partition coefficient (Wildman–Crippen LogP) is 1.66. The lowest BCUT2D eigenvalue weighted by Gasteiger charge is -2.18. The van der Waals surface area contributed by atoms with Crippen molar-refractivity contribution in [2.24, 2.45) is 5.73 Å². The van der Waals surface area contributed by atoms with Crippen molar-refractivity contribution in [2.75, 3.05) is 13.3 Å². The molecule has 0 amide bonds. The summed E-state index contributed by atoms with van der Waals surface area (Å²) in [4.78, 5) is 20.3. The van der Waals surface area contributed by atoms with Gasteiger partial charge in [-0.1, -0.05) is 12.1 Å². The molecule has 0 spiro atoms. The van der Waals surface area contributed by atoms with E-state index in [4.69, 9.17) is 15.6 Å². The highest BCUT2D eigenvalue weighted by Crippen LogP contribution is 2.45. The van der Waals surface area contributed by atoms with E-state index in [1.807, 2.05) is 12.1 Å². The van der Waals surface area contributed by atoms with Gasteiger partial charge in [0.05, 0.1) is 12.9 Å². The van der Waals surface area contributed by atoms with Crippen molar-refractivity contribution in [3.8, 4) is 5.75 Å². The largest absolute Gasteiger partial charge is 0.497 e. The average Bonchev–Trinajstić information content (AvgIpc) is 2.43. The van der Waals surface area contributed by atoms with E-state index in [-0.39, 0.29) is 19.0 Å². The number of aryl methyl sites for hydroxylation is 1. The molecule has 4 N–H and O–H groups in total. The van der Waals surface area contributed by atoms with E-state index >= 15 is 0 Å². The number of hydrogen-bond acceptors (Lipinski definition) is 4. The second-order valence-electron chi connectivity index (χ2n) is 4.58. The third-order valence-corrected chi connectivity index (χ3v) is 5.21. The van der Waals surface area contributed by atoms with Gasteiger partial charge in [0.15, 0.2) is 0 Å². The van der Waals surface area contributed by atoms with E-state index < -0.39 is 19.1 Å². The monoisotopic (exact) mass is 301 g/mol. The molecule has 0 fully saturated rings. The molecule has 0 saturated heterocycles. The van der Waals surface area contributed by atoms with Gasteiger partial charge in [0, 0.05) is 12.6 Å². The lowest BCUT2D eigenvalue weighted by atomic mass is 10.2. The van der Waals surface area contributed by atoms with Gasteiger partial charge in [-0.05, 0) is 30.5 Å². The van der Waals surface area contributed by atoms with E-state index in [0.29, 0.717) is 6.42 Å². The average molecular weight is 301 g/mol. The highest BCUT2D eigenvalue weighted by molar-refractivity contribution is 7.58. The molecule has 0 aliphatic heterocycles. The molecule has 20 heavy (non-hydrogen) atoms. The van der Waals surface area contributed by atoms with E-state index in [1.54, 1.807) is 19.2 Å². The van der Waals surface area contributed by atoms with Crippen molar-refractivity contribution in [1.82, 2.24) is 0 Å². The van der Waals surface area contributed by atoms with Gasteiger partial charge in [-0.2, -0.15) is 0 Å². The molecule has 6 nitrogen and oxygen atoms in total. The predicted molar refractivity (Wildman–Crippen MR) is 76.2 cm³/mol. The normalized spacial score (nSPS) is 15.3. The number of aliphatic carboxylic acids is 1. The third-order valence-electron chi connectivity index (χ3n) is 3.05. The van der Waals surface area contributed by atoms with Gasteiger partial charge in [0.2, 0.25) is 7.37 Å². The Kier molecular flexibility index (Phi) is 6.20. The van der Waals surface area contributed by atoms with Gasteiger partial charge < -0.3 is 20.5 Å². The van der Waals surface area contributed by atoms with Gasteiger partial charge in [-0.25, -0.2) is 0 Å². The number of methoxy groups -OCH3 is 1. The number of hydrogen-bond donors (Lipinski definition) is 3. The first-order valence-corrected chi connectivity index (χ1v) is 8.18. The van der Waals surface area contributed by atoms with E-state index in [0.717, 1.165) is 11.3 Å². The maximum absolute atomic E-state index is 12.0. The Morgan fingerprint density at radius 1 is 1.40 bits per heavy atom.